The zero-order valence-electron chi connectivity index (χ0n) is 38.9. The van der Waals surface area contributed by atoms with E-state index in [1.54, 1.807) is 74.5 Å². The van der Waals surface area contributed by atoms with Crippen molar-refractivity contribution in [2.24, 2.45) is 11.8 Å². The summed E-state index contributed by atoms with van der Waals surface area (Å²) < 4.78 is 27.3. The number of carboxylic acid groups (broad SMARTS) is 3. The molecule has 0 bridgehead atoms. The molecule has 3 rings (SSSR count). The highest BCUT2D eigenvalue weighted by Crippen LogP contribution is 2.30. The minimum atomic E-state index is -2.95. The first-order valence-corrected chi connectivity index (χ1v) is 23.0. The number of alkyl halides is 2. The number of carbonyl (C=O) groups excluding carboxylic acids is 6. The fraction of sp³-hybridized carbons (Fsp3) is 0.562. The monoisotopic (exact) mass is 956 g/mol. The largest absolute Gasteiger partial charge is 0.481 e. The van der Waals surface area contributed by atoms with Gasteiger partial charge in [-0.15, -0.1) is 0 Å². The third-order valence-electron chi connectivity index (χ3n) is 11.6. The zero-order chi connectivity index (χ0) is 50.5. The third kappa shape index (κ3) is 19.1. The summed E-state index contributed by atoms with van der Waals surface area (Å²) >= 11 is 0. The van der Waals surface area contributed by atoms with E-state index in [-0.39, 0.29) is 18.4 Å². The summed E-state index contributed by atoms with van der Waals surface area (Å²) in [5.74, 6) is -11.5. The summed E-state index contributed by atoms with van der Waals surface area (Å²) in [5.41, 5.74) is 0.941. The molecular formula is C48H66F2N6O12. The Morgan fingerprint density at radius 1 is 0.559 bits per heavy atom. The van der Waals surface area contributed by atoms with Crippen molar-refractivity contribution in [2.45, 2.75) is 159 Å². The van der Waals surface area contributed by atoms with Gasteiger partial charge in [-0.2, -0.15) is 0 Å². The smallest absolute Gasteiger partial charge is 0.305 e. The second-order valence-corrected chi connectivity index (χ2v) is 17.8. The summed E-state index contributed by atoms with van der Waals surface area (Å²) in [6.07, 6.45) is -2.92. The van der Waals surface area contributed by atoms with Gasteiger partial charge in [-0.1, -0.05) is 120 Å². The number of rotatable bonds is 29. The molecule has 20 heteroatoms. The number of Topliss-reactive ketones (excluding diaryl/α,β-unsaturated/α-hetero) is 1. The van der Waals surface area contributed by atoms with E-state index in [2.05, 4.69) is 31.9 Å². The lowest BCUT2D eigenvalue weighted by Crippen LogP contribution is -2.61. The molecule has 0 saturated heterocycles. The van der Waals surface area contributed by atoms with Gasteiger partial charge in [0, 0.05) is 37.1 Å². The summed E-state index contributed by atoms with van der Waals surface area (Å²) in [7, 11) is 0. The highest BCUT2D eigenvalue weighted by molar-refractivity contribution is 5.98. The first-order chi connectivity index (χ1) is 32.2. The highest BCUT2D eigenvalue weighted by Gasteiger charge is 2.39. The Morgan fingerprint density at radius 3 is 1.46 bits per heavy atom. The maximum Gasteiger partial charge on any atom is 0.305 e. The molecule has 2 aromatic carbocycles. The molecule has 18 nitrogen and oxygen atoms in total. The highest BCUT2D eigenvalue weighted by atomic mass is 19.3. The first kappa shape index (κ1) is 56.0. The van der Waals surface area contributed by atoms with Crippen molar-refractivity contribution in [2.75, 3.05) is 0 Å². The molecule has 0 radical (unpaired) electrons. The van der Waals surface area contributed by atoms with Crippen molar-refractivity contribution in [3.8, 4) is 0 Å². The maximum absolute atomic E-state index is 14.9. The van der Waals surface area contributed by atoms with Crippen molar-refractivity contribution in [1.29, 1.82) is 0 Å². The van der Waals surface area contributed by atoms with Gasteiger partial charge >= 0.3 is 17.9 Å². The van der Waals surface area contributed by atoms with E-state index in [9.17, 15) is 67.3 Å². The summed E-state index contributed by atoms with van der Waals surface area (Å²) in [6.45, 7) is 6.31. The Balaban J connectivity index is 2.12. The van der Waals surface area contributed by atoms with Gasteiger partial charge in [-0.05, 0) is 36.3 Å². The number of nitrogens with one attached hydrogen (secondary N) is 6. The molecule has 68 heavy (non-hydrogen) atoms. The number of benzene rings is 2. The molecule has 1 fully saturated rings. The van der Waals surface area contributed by atoms with Gasteiger partial charge in [0.1, 0.15) is 24.2 Å². The predicted octanol–water partition coefficient (Wildman–Crippen LogP) is 3.66. The molecule has 1 unspecified atom stereocenters. The van der Waals surface area contributed by atoms with Crippen LogP contribution in [0.25, 0.3) is 0 Å². The van der Waals surface area contributed by atoms with E-state index in [0.717, 1.165) is 19.3 Å². The fourth-order valence-corrected chi connectivity index (χ4v) is 8.22. The number of amides is 5. The molecule has 9 N–H and O–H groups in total. The van der Waals surface area contributed by atoms with Gasteiger partial charge in [0.2, 0.25) is 36.0 Å². The molecule has 0 aliphatic heterocycles. The lowest BCUT2D eigenvalue weighted by molar-refractivity contribution is -0.140. The van der Waals surface area contributed by atoms with Crippen LogP contribution in [0.5, 0.6) is 0 Å². The lowest BCUT2D eigenvalue weighted by Gasteiger charge is -2.32. The number of ketones is 1. The van der Waals surface area contributed by atoms with Gasteiger partial charge in [-0.3, -0.25) is 43.2 Å². The van der Waals surface area contributed by atoms with Crippen LogP contribution in [0.1, 0.15) is 122 Å². The van der Waals surface area contributed by atoms with Crippen LogP contribution < -0.4 is 31.9 Å². The normalized spacial score (nSPS) is 15.6. The third-order valence-corrected chi connectivity index (χ3v) is 11.6. The number of hydrogen-bond acceptors (Lipinski definition) is 10. The molecular weight excluding hydrogens is 891 g/mol. The fourth-order valence-electron chi connectivity index (χ4n) is 8.22. The summed E-state index contributed by atoms with van der Waals surface area (Å²) in [4.78, 5) is 120. The summed E-state index contributed by atoms with van der Waals surface area (Å²) in [5, 5.41) is 44.3. The maximum atomic E-state index is 14.9. The molecule has 1 aliphatic rings. The predicted molar refractivity (Wildman–Crippen MR) is 244 cm³/mol. The van der Waals surface area contributed by atoms with Crippen LogP contribution in [0.15, 0.2) is 60.7 Å². The summed E-state index contributed by atoms with van der Waals surface area (Å²) in [6, 6.07) is 7.00. The average Bonchev–Trinajstić information content (AvgIpc) is 3.28. The van der Waals surface area contributed by atoms with Gasteiger partial charge in [0.25, 0.3) is 0 Å². The minimum absolute atomic E-state index is 0.0423. The Bertz CT molecular complexity index is 1980. The molecule has 1 saturated carbocycles. The minimum Gasteiger partial charge on any atom is -0.481 e. The Morgan fingerprint density at radius 2 is 1.00 bits per heavy atom. The van der Waals surface area contributed by atoms with Gasteiger partial charge in [0.15, 0.2) is 5.78 Å². The van der Waals surface area contributed by atoms with Gasteiger partial charge in [0.05, 0.1) is 18.5 Å². The second kappa shape index (κ2) is 28.1. The Labute approximate surface area is 394 Å². The number of halogens is 2. The standard InChI is InChI=1S/C48H66F2N6O12/c1-27(2)43(63)34(25-37(49)50)54-46(66)35(24-29-14-8-5-9-15-29)55-44(64)32(20-22-38(57)58)53-48(68)42(41(30-16-10-6-11-17-30)31-18-12-7-13-19-31)56-45(65)33(21-23-39(59)60)52-47(67)36(26-40(61)62)51-28(3)4/h6-7,10-13,16-19,27-29,32-37,41-42,51H,5,8-9,14-15,20-26H2,1-4H3,(H,52,67)(H,53,68)(H,54,66)(H,55,64)(H,56,65)(H,57,58)(H,59,60)(H,61,62)/t32-,33-,34?,35-,36-,42-/m0/s1. The SMILES string of the molecule is CC(C)N[C@@H](CC(=O)O)C(=O)N[C@@H](CCC(=O)O)C(=O)N[C@H](C(=O)N[C@@H](CCC(=O)O)C(=O)N[C@@H](CC1CCCCC1)C(=O)NC(CC(F)F)C(=O)C(C)C)C(c1ccccc1)c1ccccc1. The first-order valence-electron chi connectivity index (χ1n) is 23.0. The number of hydrogen-bond donors (Lipinski definition) is 9. The molecule has 0 spiro atoms. The molecule has 0 aromatic heterocycles. The van der Waals surface area contributed by atoms with E-state index >= 15 is 0 Å². The van der Waals surface area contributed by atoms with Crippen LogP contribution in [0.3, 0.4) is 0 Å². The second-order valence-electron chi connectivity index (χ2n) is 17.8. The average molecular weight is 957 g/mol. The Kier molecular flexibility index (Phi) is 23.2. The van der Waals surface area contributed by atoms with Crippen LogP contribution in [0.2, 0.25) is 0 Å². The quantitative estimate of drug-likeness (QED) is 0.0564. The van der Waals surface area contributed by atoms with Crippen molar-refractivity contribution >= 4 is 53.2 Å². The Hall–Kier alpha value is -6.31. The van der Waals surface area contributed by atoms with Crippen LogP contribution in [0.4, 0.5) is 8.78 Å². The van der Waals surface area contributed by atoms with E-state index in [1.807, 2.05) is 0 Å². The van der Waals surface area contributed by atoms with Crippen molar-refractivity contribution in [3.63, 3.8) is 0 Å². The number of carboxylic acids is 3. The van der Waals surface area contributed by atoms with Crippen molar-refractivity contribution < 1.29 is 67.3 Å². The van der Waals surface area contributed by atoms with Crippen LogP contribution in [-0.2, 0) is 43.2 Å². The van der Waals surface area contributed by atoms with E-state index in [0.29, 0.717) is 24.0 Å². The molecule has 6 atom stereocenters. The molecule has 5 amide bonds. The molecule has 374 valence electrons. The van der Waals surface area contributed by atoms with Crippen LogP contribution >= 0.6 is 0 Å². The number of carbonyl (C=O) groups is 9. The van der Waals surface area contributed by atoms with Crippen LogP contribution in [-0.4, -0.2) is 117 Å². The van der Waals surface area contributed by atoms with E-state index in [1.165, 1.54) is 13.8 Å². The van der Waals surface area contributed by atoms with E-state index in [4.69, 9.17) is 0 Å². The topological polar surface area (TPSA) is 286 Å². The molecule has 0 heterocycles. The number of aliphatic carboxylic acids is 3. The van der Waals surface area contributed by atoms with Gasteiger partial charge in [-0.25, -0.2) is 8.78 Å². The zero-order valence-corrected chi connectivity index (χ0v) is 38.9. The van der Waals surface area contributed by atoms with Gasteiger partial charge < -0.3 is 47.2 Å². The van der Waals surface area contributed by atoms with Crippen molar-refractivity contribution in [1.82, 2.24) is 31.9 Å². The molecule has 2 aromatic rings. The molecule has 1 aliphatic carbocycles. The van der Waals surface area contributed by atoms with Crippen LogP contribution in [0, 0.1) is 11.8 Å². The van der Waals surface area contributed by atoms with E-state index < -0.39 is 146 Å². The van der Waals surface area contributed by atoms with Crippen molar-refractivity contribution in [3.05, 3.63) is 71.8 Å². The lowest BCUT2D eigenvalue weighted by atomic mass is 9.84.